The summed E-state index contributed by atoms with van der Waals surface area (Å²) in [5.74, 6) is 0.841. The van der Waals surface area contributed by atoms with Crippen molar-refractivity contribution in [1.29, 1.82) is 0 Å². The van der Waals surface area contributed by atoms with Crippen LogP contribution in [0.25, 0.3) is 10.9 Å². The Morgan fingerprint density at radius 1 is 1.00 bits per heavy atom. The third-order valence-electron chi connectivity index (χ3n) is 6.42. The normalized spacial score (nSPS) is 19.5. The lowest BCUT2D eigenvalue weighted by Crippen LogP contribution is -2.51. The summed E-state index contributed by atoms with van der Waals surface area (Å²) < 4.78 is 7.44. The molecule has 3 heterocycles. The predicted octanol–water partition coefficient (Wildman–Crippen LogP) is 3.31. The van der Waals surface area contributed by atoms with Crippen molar-refractivity contribution >= 4 is 16.9 Å². The van der Waals surface area contributed by atoms with Gasteiger partial charge in [0.1, 0.15) is 5.75 Å². The predicted molar refractivity (Wildman–Crippen MR) is 117 cm³/mol. The SMILES string of the molecule is COc1ccc(CN2C[C@H]3CN(Cc4cn(C)c5ccccc45)CCN3C2=O)cc1. The number of carbonyl (C=O) groups excluding carboxylic acids is 1. The summed E-state index contributed by atoms with van der Waals surface area (Å²) in [5, 5.41) is 1.33. The van der Waals surface area contributed by atoms with Crippen LogP contribution in [0.4, 0.5) is 4.79 Å². The van der Waals surface area contributed by atoms with Gasteiger partial charge in [0.2, 0.25) is 0 Å². The maximum absolute atomic E-state index is 12.9. The smallest absolute Gasteiger partial charge is 0.320 e. The molecule has 2 aliphatic rings. The minimum atomic E-state index is 0.167. The van der Waals surface area contributed by atoms with Gasteiger partial charge in [0.15, 0.2) is 0 Å². The fourth-order valence-electron chi connectivity index (χ4n) is 4.86. The largest absolute Gasteiger partial charge is 0.497 e. The van der Waals surface area contributed by atoms with Gasteiger partial charge in [-0.25, -0.2) is 4.79 Å². The van der Waals surface area contributed by atoms with Crippen molar-refractivity contribution in [1.82, 2.24) is 19.3 Å². The van der Waals surface area contributed by atoms with Crippen LogP contribution in [0.1, 0.15) is 11.1 Å². The van der Waals surface area contributed by atoms with E-state index in [0.717, 1.165) is 44.0 Å². The Balaban J connectivity index is 1.25. The summed E-state index contributed by atoms with van der Waals surface area (Å²) in [4.78, 5) is 19.4. The zero-order valence-corrected chi connectivity index (χ0v) is 17.6. The van der Waals surface area contributed by atoms with Crippen LogP contribution in [0.2, 0.25) is 0 Å². The highest BCUT2D eigenvalue weighted by atomic mass is 16.5. The van der Waals surface area contributed by atoms with Crippen LogP contribution in [-0.4, -0.2) is 64.6 Å². The summed E-state index contributed by atoms with van der Waals surface area (Å²) in [6, 6.07) is 17.0. The first-order valence-corrected chi connectivity index (χ1v) is 10.6. The number of aromatic nitrogens is 1. The van der Waals surface area contributed by atoms with Crippen LogP contribution < -0.4 is 4.74 Å². The van der Waals surface area contributed by atoms with Crippen molar-refractivity contribution in [2.24, 2.45) is 7.05 Å². The summed E-state index contributed by atoms with van der Waals surface area (Å²) in [5.41, 5.74) is 3.77. The molecule has 0 unspecified atom stereocenters. The Hall–Kier alpha value is -2.99. The van der Waals surface area contributed by atoms with Gasteiger partial charge in [0.25, 0.3) is 0 Å². The Morgan fingerprint density at radius 2 is 1.80 bits per heavy atom. The van der Waals surface area contributed by atoms with E-state index in [0.29, 0.717) is 6.54 Å². The molecular weight excluding hydrogens is 376 g/mol. The Morgan fingerprint density at radius 3 is 2.60 bits per heavy atom. The highest BCUT2D eigenvalue weighted by Crippen LogP contribution is 2.26. The molecule has 2 amide bonds. The molecule has 3 aromatic rings. The number of amides is 2. The van der Waals surface area contributed by atoms with Crippen molar-refractivity contribution in [3.8, 4) is 5.75 Å². The number of hydrogen-bond acceptors (Lipinski definition) is 3. The van der Waals surface area contributed by atoms with Gasteiger partial charge in [-0.2, -0.15) is 0 Å². The molecule has 6 nitrogen and oxygen atoms in total. The summed E-state index contributed by atoms with van der Waals surface area (Å²) in [6.07, 6.45) is 2.24. The number of fused-ring (bicyclic) bond motifs is 2. The third kappa shape index (κ3) is 3.41. The standard InChI is InChI=1S/C24H28N4O2/c1-25-14-19(22-5-3-4-6-23(22)25)15-26-11-12-28-20(16-26)17-27(24(28)29)13-18-7-9-21(30-2)10-8-18/h3-10,14,20H,11-13,15-17H2,1-2H3/t20-/m1/s1. The third-order valence-corrected chi connectivity index (χ3v) is 6.42. The van der Waals surface area contributed by atoms with E-state index >= 15 is 0 Å². The van der Waals surface area contributed by atoms with Gasteiger partial charge in [-0.3, -0.25) is 4.90 Å². The number of ether oxygens (including phenoxy) is 1. The van der Waals surface area contributed by atoms with Gasteiger partial charge in [-0.15, -0.1) is 0 Å². The number of piperazine rings is 1. The summed E-state index contributed by atoms with van der Waals surface area (Å²) >= 11 is 0. The molecule has 5 rings (SSSR count). The minimum absolute atomic E-state index is 0.167. The quantitative estimate of drug-likeness (QED) is 0.655. The van der Waals surface area contributed by atoms with E-state index in [1.807, 2.05) is 29.2 Å². The van der Waals surface area contributed by atoms with Crippen molar-refractivity contribution in [3.63, 3.8) is 0 Å². The van der Waals surface area contributed by atoms with Gasteiger partial charge in [0.05, 0.1) is 13.2 Å². The molecular formula is C24H28N4O2. The van der Waals surface area contributed by atoms with E-state index in [1.165, 1.54) is 16.5 Å². The Bertz CT molecular complexity index is 1060. The molecule has 0 N–H and O–H groups in total. The van der Waals surface area contributed by atoms with Gasteiger partial charge < -0.3 is 19.1 Å². The van der Waals surface area contributed by atoms with E-state index in [2.05, 4.69) is 51.9 Å². The summed E-state index contributed by atoms with van der Waals surface area (Å²) in [7, 11) is 3.78. The van der Waals surface area contributed by atoms with E-state index in [4.69, 9.17) is 4.74 Å². The van der Waals surface area contributed by atoms with Gasteiger partial charge in [-0.1, -0.05) is 30.3 Å². The minimum Gasteiger partial charge on any atom is -0.497 e. The lowest BCUT2D eigenvalue weighted by Gasteiger charge is -2.36. The summed E-state index contributed by atoms with van der Waals surface area (Å²) in [6.45, 7) is 5.01. The first-order chi connectivity index (χ1) is 14.6. The molecule has 6 heteroatoms. The molecule has 1 atom stereocenters. The average Bonchev–Trinajstić information content (AvgIpc) is 3.25. The van der Waals surface area contributed by atoms with E-state index < -0.39 is 0 Å². The molecule has 30 heavy (non-hydrogen) atoms. The monoisotopic (exact) mass is 404 g/mol. The van der Waals surface area contributed by atoms with E-state index in [1.54, 1.807) is 7.11 Å². The number of nitrogens with zero attached hydrogens (tertiary/aromatic N) is 4. The molecule has 2 fully saturated rings. The molecule has 1 aromatic heterocycles. The molecule has 0 saturated carbocycles. The van der Waals surface area contributed by atoms with Crippen molar-refractivity contribution in [2.75, 3.05) is 33.3 Å². The number of carbonyl (C=O) groups is 1. The molecule has 0 spiro atoms. The van der Waals surface area contributed by atoms with Crippen molar-refractivity contribution in [2.45, 2.75) is 19.1 Å². The molecule has 0 aliphatic carbocycles. The molecule has 2 aromatic carbocycles. The number of hydrogen-bond donors (Lipinski definition) is 0. The maximum Gasteiger partial charge on any atom is 0.320 e. The number of benzene rings is 2. The first-order valence-electron chi connectivity index (χ1n) is 10.6. The van der Waals surface area contributed by atoms with Crippen LogP contribution in [0.5, 0.6) is 5.75 Å². The topological polar surface area (TPSA) is 41.0 Å². The molecule has 2 aliphatic heterocycles. The fraction of sp³-hybridized carbons (Fsp3) is 0.375. The molecule has 2 saturated heterocycles. The van der Waals surface area contributed by atoms with Crippen molar-refractivity contribution in [3.05, 3.63) is 65.9 Å². The van der Waals surface area contributed by atoms with Gasteiger partial charge >= 0.3 is 6.03 Å². The Labute approximate surface area is 177 Å². The number of urea groups is 1. The second-order valence-corrected chi connectivity index (χ2v) is 8.38. The highest BCUT2D eigenvalue weighted by molar-refractivity contribution is 5.83. The number of methoxy groups -OCH3 is 1. The number of rotatable bonds is 5. The van der Waals surface area contributed by atoms with Gasteiger partial charge in [0, 0.05) is 63.4 Å². The fourth-order valence-corrected chi connectivity index (χ4v) is 4.86. The second-order valence-electron chi connectivity index (χ2n) is 8.38. The highest BCUT2D eigenvalue weighted by Gasteiger charge is 2.40. The van der Waals surface area contributed by atoms with Crippen LogP contribution in [0, 0.1) is 0 Å². The van der Waals surface area contributed by atoms with Crippen molar-refractivity contribution < 1.29 is 9.53 Å². The first kappa shape index (κ1) is 19.0. The van der Waals surface area contributed by atoms with E-state index in [-0.39, 0.29) is 12.1 Å². The Kier molecular flexibility index (Phi) is 4.87. The lowest BCUT2D eigenvalue weighted by molar-refractivity contribution is 0.116. The number of para-hydroxylation sites is 1. The number of aryl methyl sites for hydroxylation is 1. The van der Waals surface area contributed by atoms with Crippen LogP contribution in [0.3, 0.4) is 0 Å². The van der Waals surface area contributed by atoms with Crippen LogP contribution in [0.15, 0.2) is 54.7 Å². The molecule has 0 bridgehead atoms. The maximum atomic E-state index is 12.9. The van der Waals surface area contributed by atoms with E-state index in [9.17, 15) is 4.79 Å². The van der Waals surface area contributed by atoms with Crippen LogP contribution in [-0.2, 0) is 20.1 Å². The molecule has 156 valence electrons. The lowest BCUT2D eigenvalue weighted by atomic mass is 10.1. The second kappa shape index (κ2) is 7.69. The zero-order chi connectivity index (χ0) is 20.7. The zero-order valence-electron chi connectivity index (χ0n) is 17.6. The average molecular weight is 405 g/mol. The molecule has 0 radical (unpaired) electrons. The van der Waals surface area contributed by atoms with Gasteiger partial charge in [-0.05, 0) is 29.3 Å². The van der Waals surface area contributed by atoms with Crippen LogP contribution >= 0.6 is 0 Å².